The average Bonchev–Trinajstić information content (AvgIpc) is 2.57. The number of nitrogens with zero attached hydrogens (tertiary/aromatic N) is 1. The number of carbonyl (C=O) groups excluding carboxylic acids is 2. The van der Waals surface area contributed by atoms with E-state index in [-0.39, 0.29) is 24.2 Å². The molecule has 0 spiro atoms. The molecule has 0 unspecified atom stereocenters. The molecule has 132 valence electrons. The Labute approximate surface area is 151 Å². The highest BCUT2D eigenvalue weighted by Gasteiger charge is 2.18. The summed E-state index contributed by atoms with van der Waals surface area (Å²) in [6.07, 6.45) is 0.384. The molecule has 0 atom stereocenters. The Bertz CT molecular complexity index is 780. The minimum Gasteiger partial charge on any atom is -0.354 e. The van der Waals surface area contributed by atoms with Crippen molar-refractivity contribution in [3.05, 3.63) is 64.4 Å². The predicted molar refractivity (Wildman–Crippen MR) is 97.3 cm³/mol. The van der Waals surface area contributed by atoms with Crippen molar-refractivity contribution >= 4 is 29.1 Å². The highest BCUT2D eigenvalue weighted by Crippen LogP contribution is 2.26. The van der Waals surface area contributed by atoms with Crippen LogP contribution in [-0.4, -0.2) is 24.9 Å². The highest BCUT2D eigenvalue weighted by molar-refractivity contribution is 6.31. The number of anilines is 1. The van der Waals surface area contributed by atoms with Crippen LogP contribution in [-0.2, 0) is 16.0 Å². The van der Waals surface area contributed by atoms with Gasteiger partial charge < -0.3 is 10.2 Å². The van der Waals surface area contributed by atoms with Gasteiger partial charge in [-0.2, -0.15) is 0 Å². The fraction of sp³-hybridized carbons (Fsp3) is 0.263. The number of hydrogen-bond acceptors (Lipinski definition) is 2. The van der Waals surface area contributed by atoms with Gasteiger partial charge in [0.15, 0.2) is 0 Å². The van der Waals surface area contributed by atoms with Crippen molar-refractivity contribution in [3.8, 4) is 0 Å². The van der Waals surface area contributed by atoms with Crippen LogP contribution in [0.2, 0.25) is 5.02 Å². The third-order valence-electron chi connectivity index (χ3n) is 3.89. The van der Waals surface area contributed by atoms with Gasteiger partial charge in [-0.25, -0.2) is 4.39 Å². The maximum Gasteiger partial charge on any atom is 0.240 e. The summed E-state index contributed by atoms with van der Waals surface area (Å²) < 4.78 is 13.6. The molecule has 0 aliphatic heterocycles. The maximum absolute atomic E-state index is 13.6. The summed E-state index contributed by atoms with van der Waals surface area (Å²) >= 11 is 6.09. The Kier molecular flexibility index (Phi) is 6.53. The van der Waals surface area contributed by atoms with Gasteiger partial charge in [0, 0.05) is 24.2 Å². The van der Waals surface area contributed by atoms with Crippen molar-refractivity contribution in [1.29, 1.82) is 0 Å². The van der Waals surface area contributed by atoms with Crippen molar-refractivity contribution in [2.45, 2.75) is 20.3 Å². The van der Waals surface area contributed by atoms with Gasteiger partial charge in [-0.1, -0.05) is 35.9 Å². The molecule has 0 aliphatic rings. The molecule has 25 heavy (non-hydrogen) atoms. The molecule has 0 heterocycles. The lowest BCUT2D eigenvalue weighted by atomic mass is 10.1. The lowest BCUT2D eigenvalue weighted by Gasteiger charge is -2.23. The Morgan fingerprint density at radius 3 is 2.56 bits per heavy atom. The largest absolute Gasteiger partial charge is 0.354 e. The van der Waals surface area contributed by atoms with Crippen LogP contribution in [0.3, 0.4) is 0 Å². The molecule has 0 bridgehead atoms. The topological polar surface area (TPSA) is 49.4 Å². The van der Waals surface area contributed by atoms with E-state index in [0.717, 1.165) is 5.56 Å². The van der Waals surface area contributed by atoms with E-state index < -0.39 is 0 Å². The SMILES string of the molecule is CC(=O)N(CC(=O)NCCc1ccccc1F)c1cccc(Cl)c1C. The number of amides is 2. The van der Waals surface area contributed by atoms with Gasteiger partial charge in [0.25, 0.3) is 0 Å². The summed E-state index contributed by atoms with van der Waals surface area (Å²) in [7, 11) is 0. The molecule has 0 saturated carbocycles. The molecule has 0 aliphatic carbocycles. The van der Waals surface area contributed by atoms with Crippen molar-refractivity contribution in [2.24, 2.45) is 0 Å². The van der Waals surface area contributed by atoms with Gasteiger partial charge >= 0.3 is 0 Å². The van der Waals surface area contributed by atoms with Gasteiger partial charge in [-0.3, -0.25) is 9.59 Å². The monoisotopic (exact) mass is 362 g/mol. The zero-order chi connectivity index (χ0) is 18.4. The summed E-state index contributed by atoms with van der Waals surface area (Å²) in [6, 6.07) is 11.6. The summed E-state index contributed by atoms with van der Waals surface area (Å²) in [6.45, 7) is 3.37. The molecule has 2 aromatic carbocycles. The molecule has 2 aromatic rings. The normalized spacial score (nSPS) is 10.4. The van der Waals surface area contributed by atoms with Crippen molar-refractivity contribution in [3.63, 3.8) is 0 Å². The summed E-state index contributed by atoms with van der Waals surface area (Å²) in [5.41, 5.74) is 1.87. The molecule has 4 nitrogen and oxygen atoms in total. The van der Waals surface area contributed by atoms with E-state index in [1.165, 1.54) is 17.9 Å². The van der Waals surface area contributed by atoms with Crippen LogP contribution in [0.5, 0.6) is 0 Å². The summed E-state index contributed by atoms with van der Waals surface area (Å²) in [5, 5.41) is 3.25. The fourth-order valence-corrected chi connectivity index (χ4v) is 2.66. The van der Waals surface area contributed by atoms with Crippen LogP contribution < -0.4 is 10.2 Å². The maximum atomic E-state index is 13.6. The second-order valence-electron chi connectivity index (χ2n) is 5.68. The van der Waals surface area contributed by atoms with E-state index >= 15 is 0 Å². The van der Waals surface area contributed by atoms with E-state index in [4.69, 9.17) is 11.6 Å². The smallest absolute Gasteiger partial charge is 0.240 e. The Morgan fingerprint density at radius 1 is 1.16 bits per heavy atom. The van der Waals surface area contributed by atoms with Crippen molar-refractivity contribution in [1.82, 2.24) is 5.32 Å². The van der Waals surface area contributed by atoms with Crippen LogP contribution in [0.1, 0.15) is 18.1 Å². The van der Waals surface area contributed by atoms with Crippen LogP contribution in [0.4, 0.5) is 10.1 Å². The zero-order valence-electron chi connectivity index (χ0n) is 14.2. The summed E-state index contributed by atoms with van der Waals surface area (Å²) in [5.74, 6) is -0.864. The number of hydrogen-bond donors (Lipinski definition) is 1. The van der Waals surface area contributed by atoms with E-state index in [1.54, 1.807) is 43.3 Å². The highest BCUT2D eigenvalue weighted by atomic mass is 35.5. The quantitative estimate of drug-likeness (QED) is 0.855. The van der Waals surface area contributed by atoms with Crippen LogP contribution in [0.15, 0.2) is 42.5 Å². The second kappa shape index (κ2) is 8.62. The Hall–Kier alpha value is -2.40. The molecule has 1 N–H and O–H groups in total. The third-order valence-corrected chi connectivity index (χ3v) is 4.30. The first-order chi connectivity index (χ1) is 11.9. The minimum atomic E-state index is -0.314. The summed E-state index contributed by atoms with van der Waals surface area (Å²) in [4.78, 5) is 25.5. The van der Waals surface area contributed by atoms with Crippen molar-refractivity contribution < 1.29 is 14.0 Å². The minimum absolute atomic E-state index is 0.117. The van der Waals surface area contributed by atoms with Gasteiger partial charge in [-0.15, -0.1) is 0 Å². The lowest BCUT2D eigenvalue weighted by molar-refractivity contribution is -0.123. The molecular weight excluding hydrogens is 343 g/mol. The molecule has 0 saturated heterocycles. The van der Waals surface area contributed by atoms with Crippen molar-refractivity contribution in [2.75, 3.05) is 18.0 Å². The number of rotatable bonds is 6. The Morgan fingerprint density at radius 2 is 1.88 bits per heavy atom. The first-order valence-corrected chi connectivity index (χ1v) is 8.31. The molecule has 2 amide bonds. The first-order valence-electron chi connectivity index (χ1n) is 7.93. The van der Waals surface area contributed by atoms with Gasteiger partial charge in [-0.05, 0) is 42.7 Å². The van der Waals surface area contributed by atoms with Gasteiger partial charge in [0.2, 0.25) is 11.8 Å². The number of benzene rings is 2. The van der Waals surface area contributed by atoms with E-state index in [9.17, 15) is 14.0 Å². The second-order valence-corrected chi connectivity index (χ2v) is 6.09. The molecule has 0 radical (unpaired) electrons. The Balaban J connectivity index is 1.98. The van der Waals surface area contributed by atoms with E-state index in [1.807, 2.05) is 0 Å². The van der Waals surface area contributed by atoms with Crippen LogP contribution in [0, 0.1) is 12.7 Å². The number of carbonyl (C=O) groups is 2. The standard InChI is InChI=1S/C19H20ClFN2O2/c1-13-16(20)7-5-9-18(13)23(14(2)24)12-19(25)22-11-10-15-6-3-4-8-17(15)21/h3-9H,10-12H2,1-2H3,(H,22,25). The lowest BCUT2D eigenvalue weighted by Crippen LogP contribution is -2.40. The first kappa shape index (κ1) is 18.9. The zero-order valence-corrected chi connectivity index (χ0v) is 14.9. The van der Waals surface area contributed by atoms with Gasteiger partial charge in [0.1, 0.15) is 12.4 Å². The van der Waals surface area contributed by atoms with Crippen LogP contribution >= 0.6 is 11.6 Å². The molecular formula is C19H20ClFN2O2. The van der Waals surface area contributed by atoms with Gasteiger partial charge in [0.05, 0.1) is 0 Å². The molecule has 6 heteroatoms. The average molecular weight is 363 g/mol. The van der Waals surface area contributed by atoms with E-state index in [2.05, 4.69) is 5.32 Å². The van der Waals surface area contributed by atoms with E-state index in [0.29, 0.717) is 29.2 Å². The predicted octanol–water partition coefficient (Wildman–Crippen LogP) is 3.50. The molecule has 0 aromatic heterocycles. The molecule has 0 fully saturated rings. The fourth-order valence-electron chi connectivity index (χ4n) is 2.49. The number of nitrogens with one attached hydrogen (secondary N) is 1. The third kappa shape index (κ3) is 5.03. The number of halogens is 2. The molecule has 2 rings (SSSR count). The van der Waals surface area contributed by atoms with Crippen LogP contribution in [0.25, 0.3) is 0 Å².